The molecular formula is C19H29N3O8. The lowest BCUT2D eigenvalue weighted by Gasteiger charge is -2.25. The lowest BCUT2D eigenvalue weighted by atomic mass is 10.0. The van der Waals surface area contributed by atoms with Crippen LogP contribution >= 0.6 is 0 Å². The first kappa shape index (κ1) is 25.6. The number of carboxylic acids is 1. The Morgan fingerprint density at radius 2 is 1.77 bits per heavy atom. The maximum atomic E-state index is 11.9. The summed E-state index contributed by atoms with van der Waals surface area (Å²) in [5, 5.41) is 56.8. The van der Waals surface area contributed by atoms with E-state index in [9.17, 15) is 14.7 Å². The van der Waals surface area contributed by atoms with Crippen LogP contribution in [0.5, 0.6) is 0 Å². The van der Waals surface area contributed by atoms with Gasteiger partial charge in [-0.2, -0.15) is 0 Å². The number of likely N-dealkylation sites (N-methyl/N-ethyl adjacent to an activating group) is 1. The molecule has 0 aliphatic rings. The Morgan fingerprint density at radius 3 is 2.27 bits per heavy atom. The summed E-state index contributed by atoms with van der Waals surface area (Å²) in [6.07, 6.45) is -4.30. The van der Waals surface area contributed by atoms with Crippen LogP contribution < -0.4 is 10.7 Å². The van der Waals surface area contributed by atoms with Crippen molar-refractivity contribution >= 4 is 17.0 Å². The summed E-state index contributed by atoms with van der Waals surface area (Å²) in [7, 11) is 1.57. The first-order chi connectivity index (χ1) is 14.1. The number of carbonyl (C=O) groups is 1. The minimum Gasteiger partial charge on any atom is -0.477 e. The number of aryl methyl sites for hydroxylation is 2. The van der Waals surface area contributed by atoms with Crippen molar-refractivity contribution in [2.24, 2.45) is 0 Å². The molecule has 0 aliphatic heterocycles. The van der Waals surface area contributed by atoms with Gasteiger partial charge in [0.15, 0.2) is 0 Å². The normalized spacial score (nSPS) is 15.1. The molecule has 2 aromatic heterocycles. The number of aliphatic hydroxyl groups is 5. The molecular weight excluding hydrogens is 398 g/mol. The first-order valence-corrected chi connectivity index (χ1v) is 9.30. The molecule has 4 unspecified atom stereocenters. The largest absolute Gasteiger partial charge is 0.477 e. The van der Waals surface area contributed by atoms with E-state index in [0.717, 1.165) is 5.69 Å². The van der Waals surface area contributed by atoms with Crippen LogP contribution in [-0.4, -0.2) is 90.8 Å². The zero-order chi connectivity index (χ0) is 23.0. The van der Waals surface area contributed by atoms with Crippen LogP contribution in [-0.2, 0) is 6.54 Å². The summed E-state index contributed by atoms with van der Waals surface area (Å²) in [6, 6.07) is 3.33. The fourth-order valence-electron chi connectivity index (χ4n) is 2.65. The highest BCUT2D eigenvalue weighted by Gasteiger charge is 2.29. The van der Waals surface area contributed by atoms with Gasteiger partial charge >= 0.3 is 5.97 Å². The Bertz CT molecular complexity index is 901. The Hall–Kier alpha value is -2.41. The molecule has 0 radical (unpaired) electrons. The minimum absolute atomic E-state index is 0.0936. The van der Waals surface area contributed by atoms with E-state index >= 15 is 0 Å². The first-order valence-electron chi connectivity index (χ1n) is 9.30. The van der Waals surface area contributed by atoms with Gasteiger partial charge in [-0.05, 0) is 33.0 Å². The standard InChI is InChI=1S/C12H12N2O3.C7H17NO5/c1-3-14-6-9(12(16)17)10(15)8-5-4-7(2)13-11(8)14;1-8-2-4(10)6(12)7(13)5(11)3-9/h4-6H,3H2,1-2H3,(H,16,17);4-13H,2-3H2,1H3. The van der Waals surface area contributed by atoms with E-state index in [2.05, 4.69) is 10.3 Å². The topological polar surface area (TPSA) is 185 Å². The molecule has 2 rings (SSSR count). The fourth-order valence-corrected chi connectivity index (χ4v) is 2.65. The van der Waals surface area contributed by atoms with Gasteiger partial charge in [-0.25, -0.2) is 9.78 Å². The maximum Gasteiger partial charge on any atom is 0.341 e. The molecule has 7 N–H and O–H groups in total. The third-order valence-electron chi connectivity index (χ3n) is 4.37. The van der Waals surface area contributed by atoms with Crippen molar-refractivity contribution in [1.82, 2.24) is 14.9 Å². The molecule has 168 valence electrons. The average Bonchev–Trinajstić information content (AvgIpc) is 2.72. The number of nitrogens with one attached hydrogen (secondary N) is 1. The lowest BCUT2D eigenvalue weighted by Crippen LogP contribution is -2.48. The van der Waals surface area contributed by atoms with Crippen molar-refractivity contribution in [3.05, 3.63) is 39.8 Å². The van der Waals surface area contributed by atoms with Crippen molar-refractivity contribution in [2.45, 2.75) is 44.8 Å². The smallest absolute Gasteiger partial charge is 0.341 e. The predicted octanol–water partition coefficient (Wildman–Crippen LogP) is -1.94. The summed E-state index contributed by atoms with van der Waals surface area (Å²) >= 11 is 0. The number of hydrogen-bond donors (Lipinski definition) is 7. The van der Waals surface area contributed by atoms with Crippen molar-refractivity contribution in [1.29, 1.82) is 0 Å². The van der Waals surface area contributed by atoms with E-state index in [0.29, 0.717) is 17.6 Å². The molecule has 2 aromatic rings. The summed E-state index contributed by atoms with van der Waals surface area (Å²) in [6.45, 7) is 3.70. The highest BCUT2D eigenvalue weighted by atomic mass is 16.4. The van der Waals surface area contributed by atoms with Gasteiger partial charge < -0.3 is 40.5 Å². The lowest BCUT2D eigenvalue weighted by molar-refractivity contribution is -0.113. The van der Waals surface area contributed by atoms with Crippen LogP contribution in [0.4, 0.5) is 0 Å². The molecule has 0 aromatic carbocycles. The summed E-state index contributed by atoms with van der Waals surface area (Å²) < 4.78 is 1.67. The SMILES string of the molecule is CCn1cc(C(=O)O)c(=O)c2ccc(C)nc21.CNCC(O)C(O)C(O)C(O)CO. The average molecular weight is 427 g/mol. The molecule has 2 heterocycles. The van der Waals surface area contributed by atoms with Gasteiger partial charge in [0.05, 0.1) is 18.1 Å². The number of aromatic carboxylic acids is 1. The zero-order valence-corrected chi connectivity index (χ0v) is 17.1. The molecule has 0 fully saturated rings. The molecule has 0 amide bonds. The van der Waals surface area contributed by atoms with Crippen LogP contribution in [0.15, 0.2) is 23.1 Å². The summed E-state index contributed by atoms with van der Waals surface area (Å²) in [5.41, 5.74) is 0.624. The molecule has 30 heavy (non-hydrogen) atoms. The van der Waals surface area contributed by atoms with Crippen molar-refractivity contribution < 1.29 is 35.4 Å². The highest BCUT2D eigenvalue weighted by Crippen LogP contribution is 2.10. The van der Waals surface area contributed by atoms with Crippen LogP contribution in [0.2, 0.25) is 0 Å². The predicted molar refractivity (Wildman–Crippen MR) is 108 cm³/mol. The molecule has 0 saturated carbocycles. The van der Waals surface area contributed by atoms with E-state index in [1.54, 1.807) is 23.7 Å². The zero-order valence-electron chi connectivity index (χ0n) is 17.1. The highest BCUT2D eigenvalue weighted by molar-refractivity contribution is 5.91. The fraction of sp³-hybridized carbons (Fsp3) is 0.526. The van der Waals surface area contributed by atoms with Crippen molar-refractivity contribution in [2.75, 3.05) is 20.2 Å². The third kappa shape index (κ3) is 6.29. The minimum atomic E-state index is -1.55. The van der Waals surface area contributed by atoms with Crippen molar-refractivity contribution in [3.63, 3.8) is 0 Å². The summed E-state index contributed by atoms with van der Waals surface area (Å²) in [4.78, 5) is 27.2. The Kier molecular flexibility index (Phi) is 9.99. The van der Waals surface area contributed by atoms with E-state index in [1.165, 1.54) is 6.20 Å². The number of fused-ring (bicyclic) bond motifs is 1. The second-order valence-electron chi connectivity index (χ2n) is 6.64. The molecule has 0 saturated heterocycles. The molecule has 11 nitrogen and oxygen atoms in total. The van der Waals surface area contributed by atoms with Gasteiger partial charge in [-0.1, -0.05) is 0 Å². The number of pyridine rings is 2. The van der Waals surface area contributed by atoms with Gasteiger partial charge in [-0.15, -0.1) is 0 Å². The van der Waals surface area contributed by atoms with Gasteiger partial charge in [0.25, 0.3) is 0 Å². The van der Waals surface area contributed by atoms with Gasteiger partial charge in [0.2, 0.25) is 5.43 Å². The number of carboxylic acid groups (broad SMARTS) is 1. The Labute approximate surface area is 172 Å². The molecule has 0 spiro atoms. The quantitative estimate of drug-likeness (QED) is 0.250. The molecule has 0 aliphatic carbocycles. The van der Waals surface area contributed by atoms with E-state index in [4.69, 9.17) is 25.5 Å². The second-order valence-corrected chi connectivity index (χ2v) is 6.64. The third-order valence-corrected chi connectivity index (χ3v) is 4.37. The number of rotatable bonds is 8. The molecule has 11 heteroatoms. The van der Waals surface area contributed by atoms with Gasteiger partial charge in [-0.3, -0.25) is 4.79 Å². The number of aromatic nitrogens is 2. The van der Waals surface area contributed by atoms with Crippen LogP contribution in [0, 0.1) is 6.92 Å². The number of nitrogens with zero attached hydrogens (tertiary/aromatic N) is 2. The van der Waals surface area contributed by atoms with E-state index in [1.807, 2.05) is 13.8 Å². The monoisotopic (exact) mass is 427 g/mol. The Balaban J connectivity index is 0.000000314. The second kappa shape index (κ2) is 11.7. The van der Waals surface area contributed by atoms with Gasteiger partial charge in [0, 0.05) is 25.0 Å². The van der Waals surface area contributed by atoms with Crippen LogP contribution in [0.3, 0.4) is 0 Å². The molecule has 0 bridgehead atoms. The summed E-state index contributed by atoms with van der Waals surface area (Å²) in [5.74, 6) is -1.21. The van der Waals surface area contributed by atoms with E-state index in [-0.39, 0.29) is 12.1 Å². The van der Waals surface area contributed by atoms with Crippen LogP contribution in [0.1, 0.15) is 23.0 Å². The van der Waals surface area contributed by atoms with Crippen LogP contribution in [0.25, 0.3) is 11.0 Å². The maximum absolute atomic E-state index is 11.9. The number of aliphatic hydroxyl groups excluding tert-OH is 5. The number of hydrogen-bond acceptors (Lipinski definition) is 9. The van der Waals surface area contributed by atoms with E-state index < -0.39 is 42.4 Å². The van der Waals surface area contributed by atoms with Gasteiger partial charge in [0.1, 0.15) is 29.5 Å². The molecule has 4 atom stereocenters. The van der Waals surface area contributed by atoms with Crippen molar-refractivity contribution in [3.8, 4) is 0 Å². The Morgan fingerprint density at radius 1 is 1.17 bits per heavy atom.